The molecular weight excluding hydrogens is 320 g/mol. The van der Waals surface area contributed by atoms with Gasteiger partial charge in [0, 0.05) is 30.1 Å². The van der Waals surface area contributed by atoms with Crippen LogP contribution in [0.1, 0.15) is 57.0 Å². The molecule has 0 atom stereocenters. The maximum absolute atomic E-state index is 12.6. The van der Waals surface area contributed by atoms with Gasteiger partial charge in [-0.3, -0.25) is 14.4 Å². The number of rotatable bonds is 7. The number of hydrogen-bond acceptors (Lipinski definition) is 3. The van der Waals surface area contributed by atoms with E-state index >= 15 is 0 Å². The van der Waals surface area contributed by atoms with E-state index in [2.05, 4.69) is 5.32 Å². The Morgan fingerprint density at radius 3 is 2.12 bits per heavy atom. The van der Waals surface area contributed by atoms with Gasteiger partial charge in [0.25, 0.3) is 5.91 Å². The summed E-state index contributed by atoms with van der Waals surface area (Å²) < 4.78 is 0. The first-order valence-corrected chi connectivity index (χ1v) is 8.42. The number of amides is 2. The first kappa shape index (κ1) is 20.7. The number of carbonyl (C=O) groups is 3. The second-order valence-corrected chi connectivity index (χ2v) is 7.37. The van der Waals surface area contributed by atoms with E-state index in [9.17, 15) is 14.4 Å². The van der Waals surface area contributed by atoms with Crippen molar-refractivity contribution < 1.29 is 19.5 Å². The molecule has 2 N–H and O–H groups in total. The molecule has 0 bridgehead atoms. The average Bonchev–Trinajstić information content (AvgIpc) is 2.51. The van der Waals surface area contributed by atoms with Crippen molar-refractivity contribution in [3.8, 4) is 0 Å². The highest BCUT2D eigenvalue weighted by atomic mass is 16.4. The molecule has 0 spiro atoms. The van der Waals surface area contributed by atoms with Gasteiger partial charge >= 0.3 is 5.97 Å². The van der Waals surface area contributed by atoms with Crippen LogP contribution in [-0.4, -0.2) is 40.4 Å². The number of nitrogens with zero attached hydrogens (tertiary/aromatic N) is 1. The summed E-state index contributed by atoms with van der Waals surface area (Å²) in [4.78, 5) is 36.8. The minimum atomic E-state index is -0.927. The summed E-state index contributed by atoms with van der Waals surface area (Å²) in [7, 11) is 0. The van der Waals surface area contributed by atoms with Gasteiger partial charge in [-0.15, -0.1) is 0 Å². The molecule has 0 fully saturated rings. The average molecular weight is 348 g/mol. The Morgan fingerprint density at radius 1 is 1.12 bits per heavy atom. The van der Waals surface area contributed by atoms with Gasteiger partial charge in [0.2, 0.25) is 5.91 Å². The van der Waals surface area contributed by atoms with Crippen molar-refractivity contribution in [2.24, 2.45) is 5.41 Å². The van der Waals surface area contributed by atoms with Crippen molar-refractivity contribution in [3.05, 3.63) is 35.4 Å². The van der Waals surface area contributed by atoms with Crippen LogP contribution < -0.4 is 5.32 Å². The van der Waals surface area contributed by atoms with E-state index in [-0.39, 0.29) is 30.8 Å². The summed E-state index contributed by atoms with van der Waals surface area (Å²) in [5.41, 5.74) is 0.957. The van der Waals surface area contributed by atoms with Crippen LogP contribution in [-0.2, 0) is 16.1 Å². The van der Waals surface area contributed by atoms with E-state index < -0.39 is 11.4 Å². The standard InChI is InChI=1S/C19H28N2O4/c1-13(2)21(11-10-16(22)23)17(24)15-8-6-14(7-9-15)12-20-18(25)19(3,4)5/h6-9,13H,10-12H2,1-5H3,(H,20,25)(H,22,23). The van der Waals surface area contributed by atoms with E-state index in [0.717, 1.165) is 5.56 Å². The van der Waals surface area contributed by atoms with Gasteiger partial charge in [-0.25, -0.2) is 0 Å². The largest absolute Gasteiger partial charge is 0.481 e. The molecule has 0 aliphatic carbocycles. The molecule has 0 aliphatic heterocycles. The molecule has 0 saturated carbocycles. The summed E-state index contributed by atoms with van der Waals surface area (Å²) in [6.45, 7) is 9.84. The molecule has 0 saturated heterocycles. The minimum absolute atomic E-state index is 0.0349. The normalized spacial score (nSPS) is 11.3. The SMILES string of the molecule is CC(C)N(CCC(=O)O)C(=O)c1ccc(CNC(=O)C(C)(C)C)cc1. The summed E-state index contributed by atoms with van der Waals surface area (Å²) >= 11 is 0. The zero-order chi connectivity index (χ0) is 19.2. The lowest BCUT2D eigenvalue weighted by molar-refractivity contribution is -0.137. The highest BCUT2D eigenvalue weighted by molar-refractivity contribution is 5.94. The van der Waals surface area contributed by atoms with Gasteiger partial charge in [-0.2, -0.15) is 0 Å². The molecule has 1 rings (SSSR count). The molecule has 0 unspecified atom stereocenters. The van der Waals surface area contributed by atoms with Crippen LogP contribution in [0.4, 0.5) is 0 Å². The Balaban J connectivity index is 2.75. The van der Waals surface area contributed by atoms with Crippen LogP contribution in [0.3, 0.4) is 0 Å². The number of carboxylic acids is 1. The van der Waals surface area contributed by atoms with Crippen LogP contribution in [0.15, 0.2) is 24.3 Å². The monoisotopic (exact) mass is 348 g/mol. The van der Waals surface area contributed by atoms with Gasteiger partial charge in [-0.1, -0.05) is 32.9 Å². The molecule has 0 radical (unpaired) electrons. The van der Waals surface area contributed by atoms with Crippen LogP contribution >= 0.6 is 0 Å². The van der Waals surface area contributed by atoms with Crippen LogP contribution in [0.2, 0.25) is 0 Å². The van der Waals surface area contributed by atoms with E-state index in [0.29, 0.717) is 12.1 Å². The minimum Gasteiger partial charge on any atom is -0.481 e. The summed E-state index contributed by atoms with van der Waals surface area (Å²) in [6.07, 6.45) is -0.0825. The number of hydrogen-bond donors (Lipinski definition) is 2. The van der Waals surface area contributed by atoms with Crippen molar-refractivity contribution >= 4 is 17.8 Å². The van der Waals surface area contributed by atoms with Gasteiger partial charge < -0.3 is 15.3 Å². The summed E-state index contributed by atoms with van der Waals surface area (Å²) in [6, 6.07) is 6.92. The quantitative estimate of drug-likeness (QED) is 0.793. The van der Waals surface area contributed by atoms with Crippen LogP contribution in [0.25, 0.3) is 0 Å². The van der Waals surface area contributed by atoms with Crippen LogP contribution in [0.5, 0.6) is 0 Å². The number of benzene rings is 1. The van der Waals surface area contributed by atoms with E-state index in [1.54, 1.807) is 29.2 Å². The number of carboxylic acid groups (broad SMARTS) is 1. The molecule has 2 amide bonds. The first-order valence-electron chi connectivity index (χ1n) is 8.42. The smallest absolute Gasteiger partial charge is 0.305 e. The number of nitrogens with one attached hydrogen (secondary N) is 1. The van der Waals surface area contributed by atoms with Crippen molar-refractivity contribution in [3.63, 3.8) is 0 Å². The van der Waals surface area contributed by atoms with E-state index in [1.165, 1.54) is 0 Å². The summed E-state index contributed by atoms with van der Waals surface area (Å²) in [5, 5.41) is 11.7. The topological polar surface area (TPSA) is 86.7 Å². The zero-order valence-electron chi connectivity index (χ0n) is 15.6. The second-order valence-electron chi connectivity index (χ2n) is 7.37. The van der Waals surface area contributed by atoms with Gasteiger partial charge in [-0.05, 0) is 31.5 Å². The third-order valence-corrected chi connectivity index (χ3v) is 3.79. The summed E-state index contributed by atoms with van der Waals surface area (Å²) in [5.74, 6) is -1.16. The molecule has 25 heavy (non-hydrogen) atoms. The van der Waals surface area contributed by atoms with Gasteiger partial charge in [0.1, 0.15) is 0 Å². The molecule has 0 heterocycles. The second kappa shape index (κ2) is 8.65. The highest BCUT2D eigenvalue weighted by Crippen LogP contribution is 2.14. The predicted octanol–water partition coefficient (Wildman–Crippen LogP) is 2.67. The van der Waals surface area contributed by atoms with E-state index in [4.69, 9.17) is 5.11 Å². The first-order chi connectivity index (χ1) is 11.5. The van der Waals surface area contributed by atoms with Gasteiger partial charge in [0.15, 0.2) is 0 Å². The maximum Gasteiger partial charge on any atom is 0.305 e. The lowest BCUT2D eigenvalue weighted by Crippen LogP contribution is -2.38. The molecular formula is C19H28N2O4. The Morgan fingerprint density at radius 2 is 1.68 bits per heavy atom. The Labute approximate surface area is 149 Å². The fourth-order valence-electron chi connectivity index (χ4n) is 2.19. The lowest BCUT2D eigenvalue weighted by Gasteiger charge is -2.26. The zero-order valence-corrected chi connectivity index (χ0v) is 15.6. The fourth-order valence-corrected chi connectivity index (χ4v) is 2.19. The maximum atomic E-state index is 12.6. The fraction of sp³-hybridized carbons (Fsp3) is 0.526. The molecule has 6 heteroatoms. The third-order valence-electron chi connectivity index (χ3n) is 3.79. The van der Waals surface area contributed by atoms with Crippen molar-refractivity contribution in [1.29, 1.82) is 0 Å². The molecule has 1 aromatic rings. The molecule has 0 aliphatic rings. The molecule has 6 nitrogen and oxygen atoms in total. The van der Waals surface area contributed by atoms with Crippen molar-refractivity contribution in [2.45, 2.75) is 53.6 Å². The number of aliphatic carboxylic acids is 1. The predicted molar refractivity (Wildman–Crippen MR) is 96.2 cm³/mol. The lowest BCUT2D eigenvalue weighted by atomic mass is 9.95. The van der Waals surface area contributed by atoms with Crippen molar-refractivity contribution in [1.82, 2.24) is 10.2 Å². The van der Waals surface area contributed by atoms with E-state index in [1.807, 2.05) is 34.6 Å². The Bertz CT molecular complexity index is 615. The highest BCUT2D eigenvalue weighted by Gasteiger charge is 2.21. The molecule has 1 aromatic carbocycles. The van der Waals surface area contributed by atoms with Crippen molar-refractivity contribution in [2.75, 3.05) is 6.54 Å². The van der Waals surface area contributed by atoms with Gasteiger partial charge in [0.05, 0.1) is 6.42 Å². The van der Waals surface area contributed by atoms with Crippen LogP contribution in [0, 0.1) is 5.41 Å². The molecule has 138 valence electrons. The third kappa shape index (κ3) is 6.57. The molecule has 0 aromatic heterocycles. The Hall–Kier alpha value is -2.37. The number of carbonyl (C=O) groups excluding carboxylic acids is 2. The Kier molecular flexibility index (Phi) is 7.15.